The zero-order chi connectivity index (χ0) is 12.7. The van der Waals surface area contributed by atoms with E-state index in [2.05, 4.69) is 5.16 Å². The molecule has 1 aromatic heterocycles. The van der Waals surface area contributed by atoms with Crippen molar-refractivity contribution in [2.75, 3.05) is 12.5 Å². The molecule has 0 amide bonds. The van der Waals surface area contributed by atoms with E-state index in [1.807, 2.05) is 0 Å². The summed E-state index contributed by atoms with van der Waals surface area (Å²) < 4.78 is 15.1. The Morgan fingerprint density at radius 3 is 2.89 bits per heavy atom. The van der Waals surface area contributed by atoms with Crippen molar-refractivity contribution in [3.63, 3.8) is 0 Å². The highest BCUT2D eigenvalue weighted by molar-refractivity contribution is 5.99. The molecule has 0 radical (unpaired) electrons. The SMILES string of the molecule is Nc1onc(-c2ccc3c(c2)OCO3)c1C(=O)O. The van der Waals surface area contributed by atoms with Gasteiger partial charge in [0.25, 0.3) is 0 Å². The molecular formula is C11H8N2O5. The van der Waals surface area contributed by atoms with Crippen LogP contribution in [0.3, 0.4) is 0 Å². The Kier molecular flexibility index (Phi) is 2.12. The third kappa shape index (κ3) is 1.45. The number of carboxylic acid groups (broad SMARTS) is 1. The van der Waals surface area contributed by atoms with Crippen molar-refractivity contribution in [2.24, 2.45) is 0 Å². The molecule has 2 aromatic rings. The fourth-order valence-corrected chi connectivity index (χ4v) is 1.75. The Bertz CT molecular complexity index is 634. The van der Waals surface area contributed by atoms with Gasteiger partial charge >= 0.3 is 5.97 Å². The summed E-state index contributed by atoms with van der Waals surface area (Å²) in [4.78, 5) is 11.1. The Hall–Kier alpha value is -2.70. The summed E-state index contributed by atoms with van der Waals surface area (Å²) in [6.07, 6.45) is 0. The minimum atomic E-state index is -1.19. The summed E-state index contributed by atoms with van der Waals surface area (Å²) in [7, 11) is 0. The topological polar surface area (TPSA) is 108 Å². The lowest BCUT2D eigenvalue weighted by Crippen LogP contribution is -2.01. The molecule has 7 nitrogen and oxygen atoms in total. The molecule has 92 valence electrons. The fourth-order valence-electron chi connectivity index (χ4n) is 1.75. The van der Waals surface area contributed by atoms with Gasteiger partial charge in [-0.3, -0.25) is 0 Å². The van der Waals surface area contributed by atoms with Crippen molar-refractivity contribution in [3.05, 3.63) is 23.8 Å². The Balaban J connectivity index is 2.13. The lowest BCUT2D eigenvalue weighted by atomic mass is 10.1. The molecule has 0 bridgehead atoms. The number of aromatic carboxylic acids is 1. The first kappa shape index (κ1) is 10.5. The maximum atomic E-state index is 11.1. The molecule has 1 aromatic carbocycles. The number of ether oxygens (including phenoxy) is 2. The Morgan fingerprint density at radius 1 is 1.33 bits per heavy atom. The maximum absolute atomic E-state index is 11.1. The van der Waals surface area contributed by atoms with E-state index in [-0.39, 0.29) is 23.9 Å². The summed E-state index contributed by atoms with van der Waals surface area (Å²) in [6.45, 7) is 0.144. The quantitative estimate of drug-likeness (QED) is 0.825. The number of anilines is 1. The van der Waals surface area contributed by atoms with Crippen molar-refractivity contribution < 1.29 is 23.9 Å². The van der Waals surface area contributed by atoms with Crippen molar-refractivity contribution in [1.82, 2.24) is 5.16 Å². The number of hydrogen-bond donors (Lipinski definition) is 2. The second-order valence-corrected chi connectivity index (χ2v) is 3.64. The second-order valence-electron chi connectivity index (χ2n) is 3.64. The number of fused-ring (bicyclic) bond motifs is 1. The molecule has 0 aliphatic carbocycles. The molecule has 0 saturated heterocycles. The van der Waals surface area contributed by atoms with E-state index in [4.69, 9.17) is 24.8 Å². The normalized spacial score (nSPS) is 12.7. The lowest BCUT2D eigenvalue weighted by molar-refractivity contribution is 0.0698. The molecule has 0 fully saturated rings. The number of benzene rings is 1. The summed E-state index contributed by atoms with van der Waals surface area (Å²) in [5.74, 6) is -0.283. The number of nitrogens with two attached hydrogens (primary N) is 1. The number of carbonyl (C=O) groups is 1. The smallest absolute Gasteiger partial charge is 0.343 e. The van der Waals surface area contributed by atoms with E-state index in [0.29, 0.717) is 17.1 Å². The minimum Gasteiger partial charge on any atom is -0.477 e. The van der Waals surface area contributed by atoms with Crippen LogP contribution in [0.4, 0.5) is 5.88 Å². The summed E-state index contributed by atoms with van der Waals surface area (Å²) in [5, 5.41) is 12.7. The highest BCUT2D eigenvalue weighted by Crippen LogP contribution is 2.37. The van der Waals surface area contributed by atoms with Crippen LogP contribution in [0.2, 0.25) is 0 Å². The van der Waals surface area contributed by atoms with Crippen LogP contribution >= 0.6 is 0 Å². The summed E-state index contributed by atoms with van der Waals surface area (Å²) >= 11 is 0. The number of aromatic nitrogens is 1. The van der Waals surface area contributed by atoms with Crippen molar-refractivity contribution in [3.8, 4) is 22.8 Å². The Morgan fingerprint density at radius 2 is 2.11 bits per heavy atom. The minimum absolute atomic E-state index is 0.144. The van der Waals surface area contributed by atoms with E-state index in [0.717, 1.165) is 0 Å². The number of hydrogen-bond acceptors (Lipinski definition) is 6. The van der Waals surface area contributed by atoms with E-state index in [9.17, 15) is 4.79 Å². The van der Waals surface area contributed by atoms with E-state index >= 15 is 0 Å². The third-order valence-electron chi connectivity index (χ3n) is 2.58. The largest absolute Gasteiger partial charge is 0.477 e. The first-order valence-corrected chi connectivity index (χ1v) is 5.05. The second kappa shape index (κ2) is 3.66. The average Bonchev–Trinajstić information content (AvgIpc) is 2.93. The van der Waals surface area contributed by atoms with Gasteiger partial charge in [-0.15, -0.1) is 0 Å². The van der Waals surface area contributed by atoms with Crippen LogP contribution < -0.4 is 15.2 Å². The Labute approximate surface area is 101 Å². The maximum Gasteiger partial charge on any atom is 0.343 e. The van der Waals surface area contributed by atoms with Gasteiger partial charge in [0.1, 0.15) is 5.69 Å². The van der Waals surface area contributed by atoms with E-state index in [1.54, 1.807) is 18.2 Å². The molecule has 7 heteroatoms. The number of nitrogen functional groups attached to an aromatic ring is 1. The third-order valence-corrected chi connectivity index (χ3v) is 2.58. The number of carboxylic acids is 1. The molecule has 3 N–H and O–H groups in total. The molecule has 18 heavy (non-hydrogen) atoms. The van der Waals surface area contributed by atoms with Gasteiger partial charge in [-0.2, -0.15) is 0 Å². The van der Waals surface area contributed by atoms with Crippen LogP contribution in [0.25, 0.3) is 11.3 Å². The van der Waals surface area contributed by atoms with Crippen molar-refractivity contribution in [2.45, 2.75) is 0 Å². The molecule has 3 rings (SSSR count). The zero-order valence-corrected chi connectivity index (χ0v) is 9.04. The molecule has 0 unspecified atom stereocenters. The summed E-state index contributed by atoms with van der Waals surface area (Å²) in [5.41, 5.74) is 5.97. The standard InChI is InChI=1S/C11H8N2O5/c12-10-8(11(14)15)9(13-18-10)5-1-2-6-7(3-5)17-4-16-6/h1-3H,4,12H2,(H,14,15). The van der Waals surface area contributed by atoms with Crippen LogP contribution in [0, 0.1) is 0 Å². The van der Waals surface area contributed by atoms with Crippen LogP contribution in [-0.4, -0.2) is 23.0 Å². The predicted molar refractivity (Wildman–Crippen MR) is 59.4 cm³/mol. The zero-order valence-electron chi connectivity index (χ0n) is 9.04. The van der Waals surface area contributed by atoms with Gasteiger partial charge in [-0.05, 0) is 18.2 Å². The molecule has 2 heterocycles. The molecule has 0 spiro atoms. The highest BCUT2D eigenvalue weighted by atomic mass is 16.7. The number of nitrogens with zero attached hydrogens (tertiary/aromatic N) is 1. The van der Waals surface area contributed by atoms with Gasteiger partial charge in [0.15, 0.2) is 17.1 Å². The molecule has 1 aliphatic rings. The van der Waals surface area contributed by atoms with E-state index < -0.39 is 5.97 Å². The van der Waals surface area contributed by atoms with Crippen molar-refractivity contribution in [1.29, 1.82) is 0 Å². The van der Waals surface area contributed by atoms with Gasteiger partial charge in [-0.1, -0.05) is 5.16 Å². The molecular weight excluding hydrogens is 240 g/mol. The van der Waals surface area contributed by atoms with Crippen LogP contribution in [0.1, 0.15) is 10.4 Å². The first-order valence-electron chi connectivity index (χ1n) is 5.05. The van der Waals surface area contributed by atoms with Crippen LogP contribution in [0.15, 0.2) is 22.7 Å². The lowest BCUT2D eigenvalue weighted by Gasteiger charge is -2.00. The molecule has 0 saturated carbocycles. The van der Waals surface area contributed by atoms with Gasteiger partial charge in [-0.25, -0.2) is 4.79 Å². The fraction of sp³-hybridized carbons (Fsp3) is 0.0909. The van der Waals surface area contributed by atoms with Crippen LogP contribution in [-0.2, 0) is 0 Å². The first-order chi connectivity index (χ1) is 8.66. The summed E-state index contributed by atoms with van der Waals surface area (Å²) in [6, 6.07) is 4.97. The van der Waals surface area contributed by atoms with Crippen LogP contribution in [0.5, 0.6) is 11.5 Å². The highest BCUT2D eigenvalue weighted by Gasteiger charge is 2.23. The van der Waals surface area contributed by atoms with Gasteiger partial charge < -0.3 is 24.8 Å². The van der Waals surface area contributed by atoms with Gasteiger partial charge in [0.2, 0.25) is 12.7 Å². The van der Waals surface area contributed by atoms with Crippen molar-refractivity contribution >= 4 is 11.9 Å². The van der Waals surface area contributed by atoms with Gasteiger partial charge in [0.05, 0.1) is 0 Å². The predicted octanol–water partition coefficient (Wildman–Crippen LogP) is 1.35. The molecule has 0 atom stereocenters. The average molecular weight is 248 g/mol. The number of rotatable bonds is 2. The van der Waals surface area contributed by atoms with E-state index in [1.165, 1.54) is 0 Å². The molecule has 1 aliphatic heterocycles. The monoisotopic (exact) mass is 248 g/mol. The van der Waals surface area contributed by atoms with Gasteiger partial charge in [0, 0.05) is 5.56 Å².